The van der Waals surface area contributed by atoms with E-state index in [4.69, 9.17) is 0 Å². The Morgan fingerprint density at radius 3 is 2.88 bits per heavy atom. The lowest BCUT2D eigenvalue weighted by atomic mass is 10.2. The highest BCUT2D eigenvalue weighted by molar-refractivity contribution is 5.80. The number of aromatic nitrogens is 5. The molecular weight excluding hydrogens is 330 g/mol. The van der Waals surface area contributed by atoms with Crippen LogP contribution in [0.5, 0.6) is 0 Å². The number of benzene rings is 1. The molecule has 0 aliphatic carbocycles. The lowest BCUT2D eigenvalue weighted by Crippen LogP contribution is -2.32. The predicted octanol–water partition coefficient (Wildman–Crippen LogP) is 1.28. The third kappa shape index (κ3) is 4.26. The van der Waals surface area contributed by atoms with E-state index >= 15 is 0 Å². The van der Waals surface area contributed by atoms with Crippen LogP contribution in [0.3, 0.4) is 0 Å². The van der Waals surface area contributed by atoms with Crippen molar-refractivity contribution in [3.05, 3.63) is 42.4 Å². The lowest BCUT2D eigenvalue weighted by Gasteiger charge is -2.19. The first-order valence-corrected chi connectivity index (χ1v) is 8.80. The van der Waals surface area contributed by atoms with E-state index in [0.717, 1.165) is 6.54 Å². The summed E-state index contributed by atoms with van der Waals surface area (Å²) in [7, 11) is 2.01. The average Bonchev–Trinajstić information content (AvgIpc) is 3.22. The van der Waals surface area contributed by atoms with Crippen molar-refractivity contribution in [2.75, 3.05) is 13.6 Å². The van der Waals surface area contributed by atoms with Gasteiger partial charge in [0, 0.05) is 30.8 Å². The molecule has 8 heteroatoms. The molecule has 0 aliphatic rings. The van der Waals surface area contributed by atoms with Gasteiger partial charge in [0.2, 0.25) is 5.91 Å². The van der Waals surface area contributed by atoms with Crippen LogP contribution in [0.1, 0.15) is 19.7 Å². The Morgan fingerprint density at radius 2 is 2.08 bits per heavy atom. The maximum absolute atomic E-state index is 12.2. The number of hydrogen-bond acceptors (Lipinski definition) is 5. The molecule has 3 rings (SSSR count). The van der Waals surface area contributed by atoms with Crippen molar-refractivity contribution in [1.82, 2.24) is 35.0 Å². The standard InChI is InChI=1S/C18H25N7O/c1-14(2)23(3)12-17-20-21-22-25(17)13-18(26)19-9-11-24-10-8-15-6-4-5-7-16(15)24/h4-8,10,14H,9,11-13H2,1-3H3,(H,19,26). The SMILES string of the molecule is CC(C)N(C)Cc1nnnn1CC(=O)NCCn1ccc2ccccc21. The second-order valence-corrected chi connectivity index (χ2v) is 6.68. The minimum Gasteiger partial charge on any atom is -0.353 e. The Morgan fingerprint density at radius 1 is 1.27 bits per heavy atom. The van der Waals surface area contributed by atoms with Gasteiger partial charge >= 0.3 is 0 Å². The minimum absolute atomic E-state index is 0.0952. The molecule has 2 heterocycles. The van der Waals surface area contributed by atoms with Gasteiger partial charge in [-0.05, 0) is 48.8 Å². The van der Waals surface area contributed by atoms with Gasteiger partial charge in [-0.2, -0.15) is 0 Å². The Kier molecular flexibility index (Phi) is 5.62. The van der Waals surface area contributed by atoms with Crippen LogP contribution in [0.2, 0.25) is 0 Å². The fraction of sp³-hybridized carbons (Fsp3) is 0.444. The zero-order valence-corrected chi connectivity index (χ0v) is 15.5. The van der Waals surface area contributed by atoms with E-state index in [-0.39, 0.29) is 12.5 Å². The van der Waals surface area contributed by atoms with Gasteiger partial charge in [0.15, 0.2) is 5.82 Å². The second-order valence-electron chi connectivity index (χ2n) is 6.68. The highest BCUT2D eigenvalue weighted by Gasteiger charge is 2.13. The first kappa shape index (κ1) is 18.1. The van der Waals surface area contributed by atoms with Crippen molar-refractivity contribution in [2.45, 2.75) is 39.5 Å². The van der Waals surface area contributed by atoms with Gasteiger partial charge in [-0.3, -0.25) is 9.69 Å². The second kappa shape index (κ2) is 8.09. The molecule has 0 fully saturated rings. The number of amides is 1. The van der Waals surface area contributed by atoms with Crippen molar-refractivity contribution in [3.63, 3.8) is 0 Å². The number of tetrazole rings is 1. The number of carbonyl (C=O) groups excluding carboxylic acids is 1. The normalized spacial score (nSPS) is 11.6. The summed E-state index contributed by atoms with van der Waals surface area (Å²) in [6.07, 6.45) is 2.04. The van der Waals surface area contributed by atoms with Crippen LogP contribution < -0.4 is 5.32 Å². The third-order valence-corrected chi connectivity index (χ3v) is 4.53. The molecule has 0 saturated heterocycles. The number of rotatable bonds is 8. The molecule has 0 spiro atoms. The summed E-state index contributed by atoms with van der Waals surface area (Å²) in [5.41, 5.74) is 1.17. The molecule has 1 N–H and O–H groups in total. The molecule has 1 aromatic carbocycles. The zero-order valence-electron chi connectivity index (χ0n) is 15.5. The van der Waals surface area contributed by atoms with Crippen molar-refractivity contribution >= 4 is 16.8 Å². The van der Waals surface area contributed by atoms with Gasteiger partial charge in [0.1, 0.15) is 6.54 Å². The molecule has 3 aromatic rings. The summed E-state index contributed by atoms with van der Waals surface area (Å²) >= 11 is 0. The molecule has 2 aromatic heterocycles. The van der Waals surface area contributed by atoms with E-state index in [9.17, 15) is 4.79 Å². The Balaban J connectivity index is 1.51. The number of nitrogens with one attached hydrogen (secondary N) is 1. The minimum atomic E-state index is -0.0952. The summed E-state index contributed by atoms with van der Waals surface area (Å²) in [4.78, 5) is 14.3. The molecule has 26 heavy (non-hydrogen) atoms. The summed E-state index contributed by atoms with van der Waals surface area (Å²) in [5, 5.41) is 15.8. The molecule has 0 saturated carbocycles. The fourth-order valence-corrected chi connectivity index (χ4v) is 2.71. The molecule has 138 valence electrons. The maximum atomic E-state index is 12.2. The van der Waals surface area contributed by atoms with Crippen molar-refractivity contribution in [3.8, 4) is 0 Å². The number of nitrogens with zero attached hydrogens (tertiary/aromatic N) is 6. The van der Waals surface area contributed by atoms with Gasteiger partial charge in [0.05, 0.1) is 6.54 Å². The zero-order chi connectivity index (χ0) is 18.5. The largest absolute Gasteiger partial charge is 0.353 e. The first-order valence-electron chi connectivity index (χ1n) is 8.80. The van der Waals surface area contributed by atoms with E-state index < -0.39 is 0 Å². The number of fused-ring (bicyclic) bond motifs is 1. The monoisotopic (exact) mass is 355 g/mol. The van der Waals surface area contributed by atoms with Gasteiger partial charge < -0.3 is 9.88 Å². The Bertz CT molecular complexity index is 867. The topological polar surface area (TPSA) is 80.9 Å². The van der Waals surface area contributed by atoms with Gasteiger partial charge in [-0.1, -0.05) is 18.2 Å². The lowest BCUT2D eigenvalue weighted by molar-refractivity contribution is -0.121. The molecule has 8 nitrogen and oxygen atoms in total. The van der Waals surface area contributed by atoms with Gasteiger partial charge in [0.25, 0.3) is 0 Å². The summed E-state index contributed by atoms with van der Waals surface area (Å²) in [6.45, 7) is 6.21. The molecular formula is C18H25N7O. The van der Waals surface area contributed by atoms with Crippen LogP contribution in [0.15, 0.2) is 36.5 Å². The van der Waals surface area contributed by atoms with E-state index in [1.165, 1.54) is 10.9 Å². The van der Waals surface area contributed by atoms with Crippen LogP contribution in [0, 0.1) is 0 Å². The Hall–Kier alpha value is -2.74. The molecule has 0 unspecified atom stereocenters. The number of para-hydroxylation sites is 1. The van der Waals surface area contributed by atoms with Crippen molar-refractivity contribution < 1.29 is 4.79 Å². The molecule has 1 amide bonds. The van der Waals surface area contributed by atoms with Crippen LogP contribution in [0.4, 0.5) is 0 Å². The smallest absolute Gasteiger partial charge is 0.241 e. The predicted molar refractivity (Wildman–Crippen MR) is 99.4 cm³/mol. The Labute approximate surface area is 152 Å². The van der Waals surface area contributed by atoms with E-state index in [2.05, 4.69) is 62.4 Å². The highest BCUT2D eigenvalue weighted by Crippen LogP contribution is 2.14. The first-order chi connectivity index (χ1) is 12.5. The van der Waals surface area contributed by atoms with E-state index in [1.54, 1.807) is 4.68 Å². The van der Waals surface area contributed by atoms with E-state index in [0.29, 0.717) is 25.0 Å². The van der Waals surface area contributed by atoms with Crippen molar-refractivity contribution in [1.29, 1.82) is 0 Å². The average molecular weight is 355 g/mol. The van der Waals surface area contributed by atoms with Gasteiger partial charge in [-0.25, -0.2) is 4.68 Å². The third-order valence-electron chi connectivity index (χ3n) is 4.53. The number of carbonyl (C=O) groups is 1. The summed E-state index contributed by atoms with van der Waals surface area (Å²) in [5.74, 6) is 0.593. The quantitative estimate of drug-likeness (QED) is 0.658. The van der Waals surface area contributed by atoms with Gasteiger partial charge in [-0.15, -0.1) is 5.10 Å². The number of hydrogen-bond donors (Lipinski definition) is 1. The van der Waals surface area contributed by atoms with Crippen molar-refractivity contribution in [2.24, 2.45) is 0 Å². The van der Waals surface area contributed by atoms with E-state index in [1.807, 2.05) is 25.4 Å². The van der Waals surface area contributed by atoms with Crippen LogP contribution in [-0.2, 0) is 24.4 Å². The molecule has 0 bridgehead atoms. The summed E-state index contributed by atoms with van der Waals surface area (Å²) < 4.78 is 3.69. The highest BCUT2D eigenvalue weighted by atomic mass is 16.2. The maximum Gasteiger partial charge on any atom is 0.241 e. The molecule has 0 aliphatic heterocycles. The van der Waals surface area contributed by atoms with Crippen LogP contribution in [0.25, 0.3) is 10.9 Å². The molecule has 0 radical (unpaired) electrons. The summed E-state index contributed by atoms with van der Waals surface area (Å²) in [6, 6.07) is 10.7. The van der Waals surface area contributed by atoms with Crippen LogP contribution in [-0.4, -0.2) is 55.2 Å². The fourth-order valence-electron chi connectivity index (χ4n) is 2.71. The molecule has 0 atom stereocenters. The van der Waals surface area contributed by atoms with Crippen LogP contribution >= 0.6 is 0 Å².